The highest BCUT2D eigenvalue weighted by Gasteiger charge is 2.39. The molecule has 128 valence electrons. The lowest BCUT2D eigenvalue weighted by Crippen LogP contribution is -2.32. The van der Waals surface area contributed by atoms with E-state index in [-0.39, 0.29) is 24.8 Å². The number of nitrogens with zero attached hydrogens (tertiary/aromatic N) is 3. The summed E-state index contributed by atoms with van der Waals surface area (Å²) in [5.74, 6) is -2.68. The Hall–Kier alpha value is -1.53. The van der Waals surface area contributed by atoms with Crippen LogP contribution in [0.2, 0.25) is 5.15 Å². The van der Waals surface area contributed by atoms with Crippen molar-refractivity contribution in [2.45, 2.75) is 50.2 Å². The average Bonchev–Trinajstić information content (AvgIpc) is 3.10. The molecule has 2 atom stereocenters. The van der Waals surface area contributed by atoms with Gasteiger partial charge in [-0.1, -0.05) is 11.6 Å². The van der Waals surface area contributed by atoms with Crippen molar-refractivity contribution in [1.82, 2.24) is 14.5 Å². The van der Waals surface area contributed by atoms with Crippen molar-refractivity contribution in [1.29, 1.82) is 0 Å². The van der Waals surface area contributed by atoms with E-state index in [9.17, 15) is 13.9 Å². The van der Waals surface area contributed by atoms with Crippen LogP contribution in [0.5, 0.6) is 0 Å². The fraction of sp³-hybridized carbons (Fsp3) is 0.529. The van der Waals surface area contributed by atoms with Gasteiger partial charge in [0.15, 0.2) is 0 Å². The number of hydrogen-bond acceptors (Lipinski definition) is 3. The molecule has 1 N–H and O–H groups in total. The topological polar surface area (TPSA) is 50.9 Å². The number of hydrogen-bond donors (Lipinski definition) is 1. The number of imidazole rings is 1. The molecule has 0 amide bonds. The van der Waals surface area contributed by atoms with E-state index in [4.69, 9.17) is 11.6 Å². The van der Waals surface area contributed by atoms with Gasteiger partial charge in [-0.3, -0.25) is 0 Å². The lowest BCUT2D eigenvalue weighted by molar-refractivity contribution is -0.0639. The predicted octanol–water partition coefficient (Wildman–Crippen LogP) is 4.08. The maximum atomic E-state index is 13.3. The van der Waals surface area contributed by atoms with Gasteiger partial charge in [-0.15, -0.1) is 0 Å². The highest BCUT2D eigenvalue weighted by Crippen LogP contribution is 2.43. The Balaban J connectivity index is 1.56. The normalized spacial score (nSPS) is 23.8. The van der Waals surface area contributed by atoms with Gasteiger partial charge in [0.05, 0.1) is 36.1 Å². The van der Waals surface area contributed by atoms with Crippen LogP contribution in [0.1, 0.15) is 43.8 Å². The number of rotatable bonds is 3. The molecule has 0 saturated heterocycles. The van der Waals surface area contributed by atoms with Crippen molar-refractivity contribution in [3.8, 4) is 11.3 Å². The first kappa shape index (κ1) is 16.0. The van der Waals surface area contributed by atoms with E-state index in [1.165, 1.54) is 0 Å². The van der Waals surface area contributed by atoms with Gasteiger partial charge < -0.3 is 9.67 Å². The van der Waals surface area contributed by atoms with Crippen LogP contribution in [-0.2, 0) is 0 Å². The van der Waals surface area contributed by atoms with Crippen molar-refractivity contribution >= 4 is 11.6 Å². The van der Waals surface area contributed by atoms with Gasteiger partial charge in [-0.05, 0) is 30.9 Å². The Kier molecular flexibility index (Phi) is 3.84. The molecule has 0 radical (unpaired) electrons. The third-order valence-electron chi connectivity index (χ3n) is 5.25. The third kappa shape index (κ3) is 2.71. The first-order valence-electron chi connectivity index (χ1n) is 8.19. The van der Waals surface area contributed by atoms with Crippen molar-refractivity contribution < 1.29 is 13.9 Å². The molecule has 0 spiro atoms. The number of aromatic nitrogens is 3. The predicted molar refractivity (Wildman–Crippen MR) is 86.1 cm³/mol. The lowest BCUT2D eigenvalue weighted by atomic mass is 9.81. The van der Waals surface area contributed by atoms with Crippen LogP contribution in [0.25, 0.3) is 11.3 Å². The van der Waals surface area contributed by atoms with E-state index < -0.39 is 12.0 Å². The summed E-state index contributed by atoms with van der Waals surface area (Å²) in [6, 6.07) is 3.49. The van der Waals surface area contributed by atoms with E-state index >= 15 is 0 Å². The zero-order valence-electron chi connectivity index (χ0n) is 13.0. The molecular weight excluding hydrogens is 336 g/mol. The number of alkyl halides is 2. The highest BCUT2D eigenvalue weighted by molar-refractivity contribution is 6.29. The number of pyridine rings is 1. The SMILES string of the molecule is O[C@@H](C[C@@H]1c2nc(Cl)ccc2-c2cncn21)C1CCC(F)(F)CC1. The van der Waals surface area contributed by atoms with Crippen molar-refractivity contribution in [3.63, 3.8) is 0 Å². The van der Waals surface area contributed by atoms with Gasteiger partial charge in [0.1, 0.15) is 5.15 Å². The molecule has 1 aliphatic heterocycles. The van der Waals surface area contributed by atoms with Crippen LogP contribution in [0, 0.1) is 5.92 Å². The Morgan fingerprint density at radius 1 is 1.33 bits per heavy atom. The maximum absolute atomic E-state index is 13.3. The molecule has 4 rings (SSSR count). The zero-order valence-corrected chi connectivity index (χ0v) is 13.8. The van der Waals surface area contributed by atoms with Crippen molar-refractivity contribution in [3.05, 3.63) is 35.5 Å². The minimum atomic E-state index is -2.58. The first-order valence-corrected chi connectivity index (χ1v) is 8.57. The van der Waals surface area contributed by atoms with E-state index in [0.717, 1.165) is 17.0 Å². The monoisotopic (exact) mass is 353 g/mol. The van der Waals surface area contributed by atoms with Gasteiger partial charge in [0.25, 0.3) is 0 Å². The van der Waals surface area contributed by atoms with Gasteiger partial charge in [0, 0.05) is 24.8 Å². The number of halogens is 3. The lowest BCUT2D eigenvalue weighted by Gasteiger charge is -2.32. The summed E-state index contributed by atoms with van der Waals surface area (Å²) < 4.78 is 28.6. The summed E-state index contributed by atoms with van der Waals surface area (Å²) >= 11 is 6.03. The second-order valence-electron chi connectivity index (χ2n) is 6.77. The summed E-state index contributed by atoms with van der Waals surface area (Å²) in [4.78, 5) is 8.60. The minimum absolute atomic E-state index is 0.0974. The molecule has 1 saturated carbocycles. The Bertz CT molecular complexity index is 754. The Morgan fingerprint density at radius 3 is 2.83 bits per heavy atom. The Labute approximate surface area is 143 Å². The number of aliphatic hydroxyl groups excluding tert-OH is 1. The molecule has 1 aliphatic carbocycles. The summed E-state index contributed by atoms with van der Waals surface area (Å²) in [6.07, 6.45) is 3.69. The van der Waals surface area contributed by atoms with Crippen LogP contribution in [0.4, 0.5) is 8.78 Å². The fourth-order valence-electron chi connectivity index (χ4n) is 3.91. The smallest absolute Gasteiger partial charge is 0.248 e. The maximum Gasteiger partial charge on any atom is 0.248 e. The molecule has 4 nitrogen and oxygen atoms in total. The first-order chi connectivity index (χ1) is 11.4. The molecular formula is C17H18ClF2N3O. The van der Waals surface area contributed by atoms with Crippen LogP contribution in [0.3, 0.4) is 0 Å². The summed E-state index contributed by atoms with van der Waals surface area (Å²) in [5, 5.41) is 11.0. The van der Waals surface area contributed by atoms with E-state index in [1.807, 2.05) is 10.6 Å². The van der Waals surface area contributed by atoms with Gasteiger partial charge in [-0.25, -0.2) is 18.7 Å². The average molecular weight is 354 g/mol. The molecule has 2 aromatic heterocycles. The van der Waals surface area contributed by atoms with Crippen LogP contribution in [0.15, 0.2) is 24.7 Å². The largest absolute Gasteiger partial charge is 0.393 e. The summed E-state index contributed by atoms with van der Waals surface area (Å²) in [7, 11) is 0. The second kappa shape index (κ2) is 5.77. The minimum Gasteiger partial charge on any atom is -0.393 e. The molecule has 1 fully saturated rings. The van der Waals surface area contributed by atoms with Crippen LogP contribution < -0.4 is 0 Å². The second-order valence-corrected chi connectivity index (χ2v) is 7.15. The summed E-state index contributed by atoms with van der Waals surface area (Å²) in [5.41, 5.74) is 2.73. The number of fused-ring (bicyclic) bond motifs is 3. The highest BCUT2D eigenvalue weighted by atomic mass is 35.5. The van der Waals surface area contributed by atoms with Crippen LogP contribution in [-0.4, -0.2) is 31.7 Å². The third-order valence-corrected chi connectivity index (χ3v) is 5.47. The Morgan fingerprint density at radius 2 is 2.08 bits per heavy atom. The van der Waals surface area contributed by atoms with E-state index in [2.05, 4.69) is 9.97 Å². The van der Waals surface area contributed by atoms with E-state index in [1.54, 1.807) is 18.6 Å². The molecule has 0 unspecified atom stereocenters. The molecule has 0 bridgehead atoms. The van der Waals surface area contributed by atoms with Gasteiger partial charge in [-0.2, -0.15) is 0 Å². The molecule has 2 aliphatic rings. The quantitative estimate of drug-likeness (QED) is 0.846. The zero-order chi connectivity index (χ0) is 16.9. The molecule has 3 heterocycles. The standard InChI is InChI=1S/C17H18ClF2N3O/c18-15-2-1-11-13-8-21-9-23(13)12(16(11)22-15)7-14(24)10-3-5-17(19,20)6-4-10/h1-2,8-10,12,14,24H,3-7H2/t12-,14+/m1/s1. The van der Waals surface area contributed by atoms with Gasteiger partial charge >= 0.3 is 0 Å². The van der Waals surface area contributed by atoms with E-state index in [0.29, 0.717) is 24.4 Å². The molecule has 2 aromatic rings. The van der Waals surface area contributed by atoms with Crippen molar-refractivity contribution in [2.24, 2.45) is 5.92 Å². The number of aliphatic hydroxyl groups is 1. The molecule has 24 heavy (non-hydrogen) atoms. The fourth-order valence-corrected chi connectivity index (χ4v) is 4.06. The van der Waals surface area contributed by atoms with Crippen LogP contribution >= 0.6 is 11.6 Å². The molecule has 7 heteroatoms. The molecule has 0 aromatic carbocycles. The van der Waals surface area contributed by atoms with Crippen molar-refractivity contribution in [2.75, 3.05) is 0 Å². The summed E-state index contributed by atoms with van der Waals surface area (Å²) in [6.45, 7) is 0. The van der Waals surface area contributed by atoms with Gasteiger partial charge in [0.2, 0.25) is 5.92 Å².